The van der Waals surface area contributed by atoms with Gasteiger partial charge in [0.1, 0.15) is 11.9 Å². The van der Waals surface area contributed by atoms with Crippen LogP contribution in [0.1, 0.15) is 16.7 Å². The number of amides is 2. The van der Waals surface area contributed by atoms with Crippen LogP contribution in [-0.2, 0) is 29.0 Å². The summed E-state index contributed by atoms with van der Waals surface area (Å²) >= 11 is 0. The van der Waals surface area contributed by atoms with Gasteiger partial charge in [-0.1, -0.05) is 66.7 Å². The highest BCUT2D eigenvalue weighted by Crippen LogP contribution is 2.22. The number of carbonyl (C=O) groups excluding carboxylic acids is 2. The second-order valence-electron chi connectivity index (χ2n) is 7.50. The van der Waals surface area contributed by atoms with Crippen LogP contribution in [0.2, 0.25) is 0 Å². The summed E-state index contributed by atoms with van der Waals surface area (Å²) in [7, 11) is 1.47. The number of nitrogens with zero attached hydrogens (tertiary/aromatic N) is 2. The smallest absolute Gasteiger partial charge is 0.273 e. The quantitative estimate of drug-likeness (QED) is 0.399. The number of benzene rings is 3. The second-order valence-corrected chi connectivity index (χ2v) is 7.50. The maximum absolute atomic E-state index is 14.5. The van der Waals surface area contributed by atoms with Crippen molar-refractivity contribution in [1.82, 2.24) is 10.2 Å². The summed E-state index contributed by atoms with van der Waals surface area (Å²) in [6.45, 7) is -0.156. The number of carbonyl (C=O) groups is 2. The number of hydrogen-bond donors (Lipinski definition) is 1. The lowest BCUT2D eigenvalue weighted by Gasteiger charge is -2.31. The third-order valence-electron chi connectivity index (χ3n) is 5.35. The first kappa shape index (κ1) is 23.6. The Morgan fingerprint density at radius 2 is 1.58 bits per heavy atom. The van der Waals surface area contributed by atoms with Crippen LogP contribution in [0, 0.1) is 15.9 Å². The molecule has 3 aromatic carbocycles. The van der Waals surface area contributed by atoms with Crippen molar-refractivity contribution < 1.29 is 18.9 Å². The number of nitro benzene ring substituents is 1. The molecule has 33 heavy (non-hydrogen) atoms. The first-order valence-electron chi connectivity index (χ1n) is 10.4. The van der Waals surface area contributed by atoms with Gasteiger partial charge in [-0.25, -0.2) is 4.39 Å². The van der Waals surface area contributed by atoms with Crippen LogP contribution in [0.15, 0.2) is 78.9 Å². The lowest BCUT2D eigenvalue weighted by molar-refractivity contribution is -0.385. The Balaban J connectivity index is 2.00. The first-order chi connectivity index (χ1) is 15.9. The monoisotopic (exact) mass is 449 g/mol. The lowest BCUT2D eigenvalue weighted by Crippen LogP contribution is -2.50. The molecule has 3 aromatic rings. The van der Waals surface area contributed by atoms with Gasteiger partial charge >= 0.3 is 0 Å². The Bertz CT molecular complexity index is 1140. The standard InChI is InChI=1S/C25H24FN3O4/c1-27-25(31)23(15-18-9-3-2-4-10-18)28(17-20-12-5-7-13-21(20)26)24(30)16-19-11-6-8-14-22(19)29(32)33/h2-14,23H,15-17H2,1H3,(H,27,31)/t23-/m0/s1. The van der Waals surface area contributed by atoms with E-state index in [1.54, 1.807) is 24.3 Å². The zero-order valence-electron chi connectivity index (χ0n) is 18.1. The third-order valence-corrected chi connectivity index (χ3v) is 5.35. The number of likely N-dealkylation sites (N-methyl/N-ethyl adjacent to an activating group) is 1. The molecular weight excluding hydrogens is 425 g/mol. The van der Waals surface area contributed by atoms with E-state index in [9.17, 15) is 24.1 Å². The van der Waals surface area contributed by atoms with Crippen LogP contribution in [0.5, 0.6) is 0 Å². The highest BCUT2D eigenvalue weighted by atomic mass is 19.1. The van der Waals surface area contributed by atoms with Crippen LogP contribution in [0.4, 0.5) is 10.1 Å². The second kappa shape index (κ2) is 11.0. The molecule has 0 aromatic heterocycles. The van der Waals surface area contributed by atoms with Crippen molar-refractivity contribution in [1.29, 1.82) is 0 Å². The molecule has 0 aliphatic rings. The molecule has 1 N–H and O–H groups in total. The van der Waals surface area contributed by atoms with Gasteiger partial charge in [-0.05, 0) is 11.6 Å². The molecule has 3 rings (SSSR count). The zero-order chi connectivity index (χ0) is 23.8. The van der Waals surface area contributed by atoms with E-state index < -0.39 is 28.6 Å². The zero-order valence-corrected chi connectivity index (χ0v) is 18.1. The molecule has 0 fully saturated rings. The van der Waals surface area contributed by atoms with Gasteiger partial charge < -0.3 is 10.2 Å². The average Bonchev–Trinajstić information content (AvgIpc) is 2.82. The SMILES string of the molecule is CNC(=O)[C@H](Cc1ccccc1)N(Cc1ccccc1F)C(=O)Cc1ccccc1[N+](=O)[O-]. The van der Waals surface area contributed by atoms with Crippen molar-refractivity contribution >= 4 is 17.5 Å². The minimum absolute atomic E-state index is 0.156. The predicted molar refractivity (Wildman–Crippen MR) is 122 cm³/mol. The van der Waals surface area contributed by atoms with Gasteiger partial charge in [0.25, 0.3) is 5.69 Å². The summed E-state index contributed by atoms with van der Waals surface area (Å²) in [5.74, 6) is -1.43. The summed E-state index contributed by atoms with van der Waals surface area (Å²) in [4.78, 5) is 38.5. The molecule has 0 unspecified atom stereocenters. The van der Waals surface area contributed by atoms with Gasteiger partial charge in [-0.15, -0.1) is 0 Å². The Morgan fingerprint density at radius 1 is 0.970 bits per heavy atom. The minimum atomic E-state index is -0.938. The summed E-state index contributed by atoms with van der Waals surface area (Å²) < 4.78 is 14.5. The Hall–Kier alpha value is -4.07. The van der Waals surface area contributed by atoms with Crippen molar-refractivity contribution in [2.45, 2.75) is 25.4 Å². The largest absolute Gasteiger partial charge is 0.357 e. The van der Waals surface area contributed by atoms with E-state index in [1.807, 2.05) is 30.3 Å². The molecule has 0 heterocycles. The van der Waals surface area contributed by atoms with Crippen molar-refractivity contribution in [2.75, 3.05) is 7.05 Å². The number of rotatable bonds is 9. The number of hydrogen-bond acceptors (Lipinski definition) is 4. The molecule has 2 amide bonds. The van der Waals surface area contributed by atoms with Crippen LogP contribution >= 0.6 is 0 Å². The van der Waals surface area contributed by atoms with Gasteiger partial charge in [0.05, 0.1) is 11.3 Å². The molecule has 0 spiro atoms. The van der Waals surface area contributed by atoms with E-state index in [-0.39, 0.29) is 36.2 Å². The molecule has 170 valence electrons. The third kappa shape index (κ3) is 6.00. The summed E-state index contributed by atoms with van der Waals surface area (Å²) in [6.07, 6.45) is -0.0918. The Morgan fingerprint density at radius 3 is 2.21 bits per heavy atom. The molecule has 0 saturated heterocycles. The fourth-order valence-corrected chi connectivity index (χ4v) is 3.63. The Kier molecular flexibility index (Phi) is 7.86. The van der Waals surface area contributed by atoms with Crippen molar-refractivity contribution in [3.05, 3.63) is 111 Å². The van der Waals surface area contributed by atoms with Crippen molar-refractivity contribution in [3.63, 3.8) is 0 Å². The normalized spacial score (nSPS) is 11.5. The van der Waals surface area contributed by atoms with Gasteiger partial charge in [0.2, 0.25) is 11.8 Å². The fraction of sp³-hybridized carbons (Fsp3) is 0.200. The van der Waals surface area contributed by atoms with Gasteiger partial charge in [0.15, 0.2) is 0 Å². The molecule has 0 aliphatic heterocycles. The van der Waals surface area contributed by atoms with Crippen LogP contribution < -0.4 is 5.32 Å². The molecule has 0 saturated carbocycles. The molecular formula is C25H24FN3O4. The Labute approximate surface area is 191 Å². The van der Waals surface area contributed by atoms with E-state index in [2.05, 4.69) is 5.32 Å². The maximum Gasteiger partial charge on any atom is 0.273 e. The van der Waals surface area contributed by atoms with Crippen molar-refractivity contribution in [3.8, 4) is 0 Å². The minimum Gasteiger partial charge on any atom is -0.357 e. The predicted octanol–water partition coefficient (Wildman–Crippen LogP) is 3.66. The van der Waals surface area contributed by atoms with E-state index in [1.165, 1.54) is 36.2 Å². The fourth-order valence-electron chi connectivity index (χ4n) is 3.63. The summed E-state index contributed by atoms with van der Waals surface area (Å²) in [5, 5.41) is 14.0. The highest BCUT2D eigenvalue weighted by molar-refractivity contribution is 5.89. The first-order valence-corrected chi connectivity index (χ1v) is 10.4. The number of halogens is 1. The van der Waals surface area contributed by atoms with E-state index in [0.717, 1.165) is 5.56 Å². The molecule has 8 heteroatoms. The van der Waals surface area contributed by atoms with E-state index >= 15 is 0 Å². The number of nitrogens with one attached hydrogen (secondary N) is 1. The molecule has 0 radical (unpaired) electrons. The van der Waals surface area contributed by atoms with E-state index in [4.69, 9.17) is 0 Å². The molecule has 7 nitrogen and oxygen atoms in total. The van der Waals surface area contributed by atoms with Gasteiger partial charge in [-0.3, -0.25) is 19.7 Å². The number of para-hydroxylation sites is 1. The number of nitro groups is 1. The summed E-state index contributed by atoms with van der Waals surface area (Å²) in [6, 6.07) is 20.2. The maximum atomic E-state index is 14.5. The van der Waals surface area contributed by atoms with Gasteiger partial charge in [-0.2, -0.15) is 0 Å². The van der Waals surface area contributed by atoms with Crippen molar-refractivity contribution in [2.24, 2.45) is 0 Å². The molecule has 0 aliphatic carbocycles. The van der Waals surface area contributed by atoms with E-state index in [0.29, 0.717) is 0 Å². The van der Waals surface area contributed by atoms with Crippen LogP contribution in [-0.4, -0.2) is 34.7 Å². The van der Waals surface area contributed by atoms with Crippen LogP contribution in [0.25, 0.3) is 0 Å². The highest BCUT2D eigenvalue weighted by Gasteiger charge is 2.31. The average molecular weight is 449 g/mol. The summed E-state index contributed by atoms with van der Waals surface area (Å²) in [5.41, 5.74) is 1.11. The lowest BCUT2D eigenvalue weighted by atomic mass is 10.0. The van der Waals surface area contributed by atoms with Gasteiger partial charge in [0, 0.05) is 37.2 Å². The molecule has 0 bridgehead atoms. The topological polar surface area (TPSA) is 92.6 Å². The molecule has 1 atom stereocenters. The van der Waals surface area contributed by atoms with Crippen LogP contribution in [0.3, 0.4) is 0 Å².